The van der Waals surface area contributed by atoms with Gasteiger partial charge in [0, 0.05) is 6.04 Å². The van der Waals surface area contributed by atoms with Crippen molar-refractivity contribution in [3.63, 3.8) is 0 Å². The first-order valence-corrected chi connectivity index (χ1v) is 9.92. The van der Waals surface area contributed by atoms with E-state index in [0.717, 1.165) is 39.8 Å². The van der Waals surface area contributed by atoms with E-state index in [-0.39, 0.29) is 11.6 Å². The predicted octanol–water partition coefficient (Wildman–Crippen LogP) is 2.66. The highest BCUT2D eigenvalue weighted by Crippen LogP contribution is 2.29. The lowest BCUT2D eigenvalue weighted by atomic mass is 10.1. The van der Waals surface area contributed by atoms with E-state index in [2.05, 4.69) is 10.4 Å². The molecule has 0 atom stereocenters. The second-order valence-electron chi connectivity index (χ2n) is 7.72. The number of aryl methyl sites for hydroxylation is 1. The molecule has 1 aromatic heterocycles. The summed E-state index contributed by atoms with van der Waals surface area (Å²) in [6.07, 6.45) is -3.01. The maximum absolute atomic E-state index is 13.1. The fourth-order valence-corrected chi connectivity index (χ4v) is 3.23. The number of carbonyl (C=O) groups excluding carboxylic acids is 1. The van der Waals surface area contributed by atoms with E-state index >= 15 is 0 Å². The molecule has 0 spiro atoms. The number of amides is 1. The molecule has 1 N–H and O–H groups in total. The minimum absolute atomic E-state index is 0.0556. The van der Waals surface area contributed by atoms with Crippen LogP contribution in [0.3, 0.4) is 0 Å². The standard InChI is InChI=1S/C22H19F3N4O3/c1-13-4-2-7-17(10-13)29-21(32)28(12-14-5-3-6-15(11-14)22(23,24)25)20(31)18(27-29)19(30)26-16-8-9-16/h2-7,10-11,16H,8-9,12H2,1H3,(H,26,30). The smallest absolute Gasteiger partial charge is 0.348 e. The maximum Gasteiger partial charge on any atom is 0.416 e. The number of benzene rings is 2. The Labute approximate surface area is 180 Å². The van der Waals surface area contributed by atoms with E-state index in [9.17, 15) is 27.6 Å². The van der Waals surface area contributed by atoms with Gasteiger partial charge in [-0.05, 0) is 55.2 Å². The van der Waals surface area contributed by atoms with Crippen LogP contribution >= 0.6 is 0 Å². The van der Waals surface area contributed by atoms with Crippen LogP contribution in [0, 0.1) is 6.92 Å². The second-order valence-corrected chi connectivity index (χ2v) is 7.72. The fourth-order valence-electron chi connectivity index (χ4n) is 3.23. The van der Waals surface area contributed by atoms with E-state index in [1.54, 1.807) is 31.2 Å². The van der Waals surface area contributed by atoms with Crippen LogP contribution in [0.25, 0.3) is 5.69 Å². The molecule has 0 saturated heterocycles. The summed E-state index contributed by atoms with van der Waals surface area (Å²) >= 11 is 0. The molecule has 1 saturated carbocycles. The van der Waals surface area contributed by atoms with Crippen LogP contribution in [0.15, 0.2) is 58.1 Å². The van der Waals surface area contributed by atoms with Gasteiger partial charge in [0.05, 0.1) is 17.8 Å². The van der Waals surface area contributed by atoms with Gasteiger partial charge in [-0.3, -0.25) is 14.2 Å². The molecule has 1 heterocycles. The average molecular weight is 444 g/mol. The largest absolute Gasteiger partial charge is 0.416 e. The van der Waals surface area contributed by atoms with Crippen LogP contribution in [0.2, 0.25) is 0 Å². The predicted molar refractivity (Wildman–Crippen MR) is 110 cm³/mol. The van der Waals surface area contributed by atoms with Gasteiger partial charge < -0.3 is 5.32 Å². The van der Waals surface area contributed by atoms with Gasteiger partial charge in [0.25, 0.3) is 11.5 Å². The second kappa shape index (κ2) is 8.10. The molecule has 1 fully saturated rings. The van der Waals surface area contributed by atoms with Crippen LogP contribution < -0.4 is 16.6 Å². The Hall–Kier alpha value is -3.69. The first kappa shape index (κ1) is 21.5. The van der Waals surface area contributed by atoms with E-state index in [0.29, 0.717) is 5.69 Å². The molecule has 3 aromatic rings. The first-order chi connectivity index (χ1) is 15.1. The number of aromatic nitrogens is 3. The van der Waals surface area contributed by atoms with Gasteiger partial charge in [-0.2, -0.15) is 23.0 Å². The normalized spacial score (nSPS) is 13.8. The van der Waals surface area contributed by atoms with Crippen molar-refractivity contribution in [1.82, 2.24) is 19.7 Å². The monoisotopic (exact) mass is 444 g/mol. The first-order valence-electron chi connectivity index (χ1n) is 9.92. The van der Waals surface area contributed by atoms with Gasteiger partial charge in [0.15, 0.2) is 0 Å². The summed E-state index contributed by atoms with van der Waals surface area (Å²) in [7, 11) is 0. The zero-order chi connectivity index (χ0) is 23.0. The van der Waals surface area contributed by atoms with Gasteiger partial charge in [0.1, 0.15) is 0 Å². The number of halogens is 3. The van der Waals surface area contributed by atoms with Crippen LogP contribution in [0.5, 0.6) is 0 Å². The number of carbonyl (C=O) groups is 1. The van der Waals surface area contributed by atoms with Crippen LogP contribution in [-0.4, -0.2) is 26.3 Å². The molecule has 7 nitrogen and oxygen atoms in total. The Bertz CT molecular complexity index is 1310. The van der Waals surface area contributed by atoms with Crippen molar-refractivity contribution in [1.29, 1.82) is 0 Å². The Balaban J connectivity index is 1.85. The number of hydrogen-bond donors (Lipinski definition) is 1. The summed E-state index contributed by atoms with van der Waals surface area (Å²) < 4.78 is 40.9. The quantitative estimate of drug-likeness (QED) is 0.656. The molecule has 0 bridgehead atoms. The van der Waals surface area contributed by atoms with Crippen molar-refractivity contribution in [2.24, 2.45) is 0 Å². The van der Waals surface area contributed by atoms with E-state index in [1.807, 2.05) is 0 Å². The summed E-state index contributed by atoms with van der Waals surface area (Å²) in [6.45, 7) is 1.35. The maximum atomic E-state index is 13.1. The number of hydrogen-bond acceptors (Lipinski definition) is 4. The van der Waals surface area contributed by atoms with Gasteiger partial charge in [-0.25, -0.2) is 4.79 Å². The molecule has 2 aromatic carbocycles. The van der Waals surface area contributed by atoms with Crippen molar-refractivity contribution in [3.05, 3.63) is 91.8 Å². The third kappa shape index (κ3) is 4.48. The van der Waals surface area contributed by atoms with Crippen molar-refractivity contribution in [3.8, 4) is 5.69 Å². The lowest BCUT2D eigenvalue weighted by Crippen LogP contribution is -2.46. The van der Waals surface area contributed by atoms with E-state index in [1.165, 1.54) is 12.1 Å². The summed E-state index contributed by atoms with van der Waals surface area (Å²) in [6, 6.07) is 11.0. The Morgan fingerprint density at radius 1 is 1.12 bits per heavy atom. The van der Waals surface area contributed by atoms with Gasteiger partial charge in [-0.15, -0.1) is 0 Å². The lowest BCUT2D eigenvalue weighted by molar-refractivity contribution is -0.137. The Morgan fingerprint density at radius 3 is 2.50 bits per heavy atom. The van der Waals surface area contributed by atoms with Crippen LogP contribution in [-0.2, 0) is 12.7 Å². The van der Waals surface area contributed by atoms with Gasteiger partial charge in [0.2, 0.25) is 5.69 Å². The van der Waals surface area contributed by atoms with Crippen molar-refractivity contribution >= 4 is 5.91 Å². The molecule has 4 rings (SSSR count). The zero-order valence-corrected chi connectivity index (χ0v) is 17.0. The lowest BCUT2D eigenvalue weighted by Gasteiger charge is -2.13. The highest BCUT2D eigenvalue weighted by Gasteiger charge is 2.31. The van der Waals surface area contributed by atoms with Gasteiger partial charge in [-0.1, -0.05) is 24.3 Å². The zero-order valence-electron chi connectivity index (χ0n) is 17.0. The third-order valence-electron chi connectivity index (χ3n) is 5.03. The molecule has 0 radical (unpaired) electrons. The molecule has 166 valence electrons. The SMILES string of the molecule is Cc1cccc(-n2nc(C(=O)NC3CC3)c(=O)n(Cc3cccc(C(F)(F)F)c3)c2=O)c1. The molecule has 1 amide bonds. The minimum Gasteiger partial charge on any atom is -0.348 e. The van der Waals surface area contributed by atoms with Crippen molar-refractivity contribution < 1.29 is 18.0 Å². The van der Waals surface area contributed by atoms with Crippen molar-refractivity contribution in [2.45, 2.75) is 38.5 Å². The Kier molecular flexibility index (Phi) is 5.45. The topological polar surface area (TPSA) is 86.0 Å². The summed E-state index contributed by atoms with van der Waals surface area (Å²) in [5.41, 5.74) is -1.98. The summed E-state index contributed by atoms with van der Waals surface area (Å²) in [4.78, 5) is 38.7. The van der Waals surface area contributed by atoms with Crippen LogP contribution in [0.4, 0.5) is 13.2 Å². The fraction of sp³-hybridized carbons (Fsp3) is 0.273. The third-order valence-corrected chi connectivity index (χ3v) is 5.03. The number of nitrogens with one attached hydrogen (secondary N) is 1. The molecule has 0 aliphatic heterocycles. The minimum atomic E-state index is -4.57. The van der Waals surface area contributed by atoms with Crippen LogP contribution in [0.1, 0.15) is 40.0 Å². The summed E-state index contributed by atoms with van der Waals surface area (Å²) in [5, 5.41) is 6.66. The summed E-state index contributed by atoms with van der Waals surface area (Å²) in [5.74, 6) is -0.725. The molecule has 1 aliphatic carbocycles. The molecular weight excluding hydrogens is 425 g/mol. The number of alkyl halides is 3. The van der Waals surface area contributed by atoms with Gasteiger partial charge >= 0.3 is 11.9 Å². The van der Waals surface area contributed by atoms with Crippen molar-refractivity contribution in [2.75, 3.05) is 0 Å². The van der Waals surface area contributed by atoms with E-state index in [4.69, 9.17) is 0 Å². The Morgan fingerprint density at radius 2 is 1.84 bits per heavy atom. The highest BCUT2D eigenvalue weighted by molar-refractivity contribution is 5.92. The molecule has 10 heteroatoms. The average Bonchev–Trinajstić information content (AvgIpc) is 3.54. The highest BCUT2D eigenvalue weighted by atomic mass is 19.4. The molecule has 1 aliphatic rings. The number of rotatable bonds is 5. The van der Waals surface area contributed by atoms with E-state index < -0.39 is 41.1 Å². The molecule has 0 unspecified atom stereocenters. The molecule has 32 heavy (non-hydrogen) atoms. The number of nitrogens with zero attached hydrogens (tertiary/aromatic N) is 3. The molecular formula is C22H19F3N4O3.